The Balaban J connectivity index is 0.907. The van der Waals surface area contributed by atoms with E-state index in [1.165, 1.54) is 59.2 Å². The largest absolute Gasteiger partial charge is 0.497 e. The van der Waals surface area contributed by atoms with Gasteiger partial charge in [-0.1, -0.05) is 108 Å². The minimum absolute atomic E-state index is 0.0151. The number of nitrogens with zero attached hydrogens (tertiary/aromatic N) is 6. The number of hydrogen-bond donors (Lipinski definition) is 2. The van der Waals surface area contributed by atoms with Crippen LogP contribution in [-0.2, 0) is 43.2 Å². The molecule has 2 aliphatic heterocycles. The molecule has 10 rings (SSSR count). The molecule has 0 bridgehead atoms. The summed E-state index contributed by atoms with van der Waals surface area (Å²) in [5.74, 6) is -3.02. The van der Waals surface area contributed by atoms with Crippen LogP contribution in [-0.4, -0.2) is 85.3 Å². The highest BCUT2D eigenvalue weighted by atomic mass is 32.2. The summed E-state index contributed by atoms with van der Waals surface area (Å²) in [6, 6.07) is 38.1. The maximum Gasteiger partial charge on any atom is 0.355 e. The maximum absolute atomic E-state index is 16.1. The van der Waals surface area contributed by atoms with Crippen molar-refractivity contribution in [3.63, 3.8) is 0 Å². The molecule has 22 heteroatoms. The first-order valence-electron chi connectivity index (χ1n) is 22.9. The summed E-state index contributed by atoms with van der Waals surface area (Å²) in [6.45, 7) is -0.131. The molecule has 5 aromatic carbocycles. The third-order valence-corrected chi connectivity index (χ3v) is 17.9. The summed E-state index contributed by atoms with van der Waals surface area (Å²) >= 11 is 5.44. The molecule has 15 nitrogen and oxygen atoms in total. The SMILES string of the molecule is CO/N=C(\C(=O)NC1C(=O)N2C(C(=O)OCc3ccc(OC)cc3)=C(CSc3cc(=O)c4cc(F)c(Sc5nncn5C)c(F)c4s3)CS[C@H]12)c1csc(NC(c2ccccc2)(c2ccccc2)c2ccccc2)n1. The van der Waals surface area contributed by atoms with Crippen LogP contribution in [0.4, 0.5) is 13.9 Å². The highest BCUT2D eigenvalue weighted by Crippen LogP contribution is 2.44. The van der Waals surface area contributed by atoms with Gasteiger partial charge in [-0.05, 0) is 57.8 Å². The average molecular weight is 1100 g/mol. The van der Waals surface area contributed by atoms with E-state index in [2.05, 4.69) is 26.0 Å². The van der Waals surface area contributed by atoms with Gasteiger partial charge in [0.25, 0.3) is 11.8 Å². The predicted octanol–water partition coefficient (Wildman–Crippen LogP) is 9.23. The number of methoxy groups -OCH3 is 1. The molecule has 3 aromatic heterocycles. The summed E-state index contributed by atoms with van der Waals surface area (Å²) in [7, 11) is 4.48. The number of halogens is 2. The van der Waals surface area contributed by atoms with Crippen LogP contribution >= 0.6 is 58.0 Å². The third kappa shape index (κ3) is 10.3. The first-order chi connectivity index (χ1) is 36.5. The fraction of sp³-hybridized carbons (Fsp3) is 0.170. The Morgan fingerprint density at radius 1 is 0.907 bits per heavy atom. The number of ether oxygens (including phenoxy) is 2. The zero-order valence-corrected chi connectivity index (χ0v) is 44.0. The highest BCUT2D eigenvalue weighted by molar-refractivity contribution is 8.02. The van der Waals surface area contributed by atoms with Crippen LogP contribution < -0.4 is 20.8 Å². The second-order valence-corrected chi connectivity index (χ2v) is 22.1. The molecule has 5 heterocycles. The summed E-state index contributed by atoms with van der Waals surface area (Å²) in [5.41, 5.74) is 2.49. The lowest BCUT2D eigenvalue weighted by atomic mass is 9.77. The molecule has 0 radical (unpaired) electrons. The van der Waals surface area contributed by atoms with E-state index in [4.69, 9.17) is 19.3 Å². The monoisotopic (exact) mass is 1100 g/mol. The molecule has 1 fully saturated rings. The van der Waals surface area contributed by atoms with Gasteiger partial charge in [-0.2, -0.15) is 0 Å². The Kier molecular flexibility index (Phi) is 15.2. The molecular weight excluding hydrogens is 1060 g/mol. The number of benzene rings is 5. The zero-order chi connectivity index (χ0) is 52.2. The van der Waals surface area contributed by atoms with Crippen LogP contribution in [0.1, 0.15) is 27.9 Å². The van der Waals surface area contributed by atoms with Crippen molar-refractivity contribution in [1.82, 2.24) is 30.0 Å². The zero-order valence-electron chi connectivity index (χ0n) is 39.9. The summed E-state index contributed by atoms with van der Waals surface area (Å²) in [6.07, 6.45) is 1.40. The van der Waals surface area contributed by atoms with Crippen LogP contribution in [0.15, 0.2) is 175 Å². The van der Waals surface area contributed by atoms with E-state index in [-0.39, 0.29) is 55.4 Å². The van der Waals surface area contributed by atoms with Crippen molar-refractivity contribution >= 4 is 96.7 Å². The number of nitrogens with one attached hydrogen (secondary N) is 2. The third-order valence-electron chi connectivity index (χ3n) is 12.2. The molecule has 0 saturated carbocycles. The van der Waals surface area contributed by atoms with Gasteiger partial charge in [-0.15, -0.1) is 56.4 Å². The van der Waals surface area contributed by atoms with Gasteiger partial charge in [-0.25, -0.2) is 18.6 Å². The van der Waals surface area contributed by atoms with Crippen molar-refractivity contribution < 1.29 is 37.5 Å². The Hall–Kier alpha value is -7.37. The number of β-lactam (4-membered cyclic amide) rings is 1. The Labute approximate surface area is 448 Å². The number of fused-ring (bicyclic) bond motifs is 2. The number of aromatic nitrogens is 4. The first-order valence-corrected chi connectivity index (χ1v) is 27.4. The molecule has 1 unspecified atom stereocenters. The van der Waals surface area contributed by atoms with Crippen molar-refractivity contribution in [1.29, 1.82) is 0 Å². The van der Waals surface area contributed by atoms with Gasteiger partial charge in [0.2, 0.25) is 0 Å². The lowest BCUT2D eigenvalue weighted by Crippen LogP contribution is -2.71. The Bertz CT molecular complexity index is 3470. The van der Waals surface area contributed by atoms with E-state index >= 15 is 8.78 Å². The molecule has 0 aliphatic carbocycles. The first kappa shape index (κ1) is 51.1. The van der Waals surface area contributed by atoms with Crippen molar-refractivity contribution in [3.05, 3.63) is 200 Å². The molecule has 0 spiro atoms. The van der Waals surface area contributed by atoms with Crippen LogP contribution in [0.25, 0.3) is 10.1 Å². The second kappa shape index (κ2) is 22.2. The fourth-order valence-electron chi connectivity index (χ4n) is 8.57. The smallest absolute Gasteiger partial charge is 0.355 e. The van der Waals surface area contributed by atoms with E-state index < -0.39 is 51.8 Å². The molecule has 2 amide bonds. The van der Waals surface area contributed by atoms with Crippen LogP contribution in [0, 0.1) is 11.6 Å². The van der Waals surface area contributed by atoms with Crippen molar-refractivity contribution in [2.45, 2.75) is 37.8 Å². The number of oxime groups is 1. The fourth-order valence-corrected chi connectivity index (χ4v) is 13.9. The summed E-state index contributed by atoms with van der Waals surface area (Å²) in [4.78, 5) is 67.2. The Morgan fingerprint density at radius 2 is 1.57 bits per heavy atom. The number of anilines is 1. The van der Waals surface area contributed by atoms with E-state index in [1.54, 1.807) is 36.7 Å². The molecule has 2 N–H and O–H groups in total. The lowest BCUT2D eigenvalue weighted by Gasteiger charge is -2.49. The molecule has 2 atom stereocenters. The minimum atomic E-state index is -1.09. The predicted molar refractivity (Wildman–Crippen MR) is 287 cm³/mol. The number of carbonyl (C=O) groups excluding carboxylic acids is 3. The molecule has 380 valence electrons. The number of carbonyl (C=O) groups is 3. The molecule has 75 heavy (non-hydrogen) atoms. The number of thioether (sulfide) groups is 2. The number of esters is 1. The van der Waals surface area contributed by atoms with Gasteiger partial charge < -0.3 is 29.5 Å². The number of aryl methyl sites for hydroxylation is 1. The van der Waals surface area contributed by atoms with E-state index in [0.29, 0.717) is 26.2 Å². The Morgan fingerprint density at radius 3 is 2.19 bits per heavy atom. The van der Waals surface area contributed by atoms with E-state index in [0.717, 1.165) is 57.6 Å². The molecular formula is C53H42F2N8O7S5. The van der Waals surface area contributed by atoms with E-state index in [1.807, 2.05) is 91.0 Å². The standard InChI is InChI=1S/C53H42F2N8O7S5/c1-62-29-56-60-52(62)75-46-37(54)23-36-39(64)24-40(74-45(36)41(46)55)71-26-31-27-72-49-43(48(66)63(49)44(31)50(67)70-25-30-19-21-35(68-2)22-20-30)58-47(65)42(61-69-3)38-28-73-51(57-38)59-53(32-13-7-4-8-14-32,33-15-9-5-10-16-33)34-17-11-6-12-18-34/h4-24,28-29,43,49H,25-27H2,1-3H3,(H,57,59)(H,58,65)/b61-42-/t43?,49-/m1/s1. The van der Waals surface area contributed by atoms with Crippen LogP contribution in [0.2, 0.25) is 0 Å². The van der Waals surface area contributed by atoms with Crippen molar-refractivity contribution in [2.24, 2.45) is 12.2 Å². The highest BCUT2D eigenvalue weighted by Gasteiger charge is 2.55. The molecule has 8 aromatic rings. The average Bonchev–Trinajstić information content (AvgIpc) is 4.10. The molecule has 1 saturated heterocycles. The topological polar surface area (TPSA) is 179 Å². The quantitative estimate of drug-likeness (QED) is 0.0207. The van der Waals surface area contributed by atoms with Gasteiger partial charge in [0.05, 0.1) is 20.9 Å². The number of rotatable bonds is 18. The van der Waals surface area contributed by atoms with E-state index in [9.17, 15) is 19.2 Å². The summed E-state index contributed by atoms with van der Waals surface area (Å²) in [5, 5.41) is 19.8. The number of amides is 2. The van der Waals surface area contributed by atoms with Gasteiger partial charge in [-0.3, -0.25) is 19.3 Å². The minimum Gasteiger partial charge on any atom is -0.497 e. The molecule has 2 aliphatic rings. The normalized spacial score (nSPS) is 15.6. The number of hydrogen-bond acceptors (Lipinski definition) is 17. The van der Waals surface area contributed by atoms with Crippen LogP contribution in [0.3, 0.4) is 0 Å². The van der Waals surface area contributed by atoms with Crippen molar-refractivity contribution in [3.8, 4) is 5.75 Å². The second-order valence-electron chi connectivity index (χ2n) is 16.8. The summed E-state index contributed by atoms with van der Waals surface area (Å²) < 4.78 is 44.3. The van der Waals surface area contributed by atoms with Gasteiger partial charge in [0.15, 0.2) is 27.2 Å². The number of thiazole rings is 1. The van der Waals surface area contributed by atoms with Gasteiger partial charge in [0, 0.05) is 35.4 Å². The van der Waals surface area contributed by atoms with Gasteiger partial charge >= 0.3 is 5.97 Å². The van der Waals surface area contributed by atoms with Crippen molar-refractivity contribution in [2.75, 3.05) is 31.0 Å². The maximum atomic E-state index is 16.1. The lowest BCUT2D eigenvalue weighted by molar-refractivity contribution is -0.153. The van der Waals surface area contributed by atoms with Crippen LogP contribution in [0.5, 0.6) is 5.75 Å². The van der Waals surface area contributed by atoms with Gasteiger partial charge in [0.1, 0.15) is 60.0 Å².